The van der Waals surface area contributed by atoms with Crippen molar-refractivity contribution in [2.45, 2.75) is 78.2 Å². The van der Waals surface area contributed by atoms with Gasteiger partial charge in [-0.2, -0.15) is 0 Å². The largest absolute Gasteiger partial charge is 0.444 e. The molecule has 0 fully saturated rings. The number of amides is 1. The third-order valence-electron chi connectivity index (χ3n) is 4.69. The van der Waals surface area contributed by atoms with E-state index in [4.69, 9.17) is 9.16 Å². The highest BCUT2D eigenvalue weighted by Crippen LogP contribution is 2.37. The highest BCUT2D eigenvalue weighted by atomic mass is 28.4. The summed E-state index contributed by atoms with van der Waals surface area (Å²) in [5.74, 6) is 5.93. The lowest BCUT2D eigenvalue weighted by Crippen LogP contribution is -2.44. The molecule has 0 aliphatic heterocycles. The molecule has 0 aliphatic rings. The molecule has 0 saturated heterocycles. The molecule has 0 unspecified atom stereocenters. The van der Waals surface area contributed by atoms with Crippen LogP contribution in [-0.4, -0.2) is 26.6 Å². The number of ether oxygens (including phenoxy) is 1. The van der Waals surface area contributed by atoms with E-state index < -0.39 is 20.0 Å². The summed E-state index contributed by atoms with van der Waals surface area (Å²) in [6, 6.07) is 7.61. The molecule has 1 N–H and O–H groups in total. The first-order valence-corrected chi connectivity index (χ1v) is 12.3. The molecule has 1 amide bonds. The fourth-order valence-electron chi connectivity index (χ4n) is 2.12. The van der Waals surface area contributed by atoms with Crippen LogP contribution in [0.25, 0.3) is 0 Å². The molecule has 1 rings (SSSR count). The van der Waals surface area contributed by atoms with Crippen LogP contribution < -0.4 is 5.32 Å². The maximum Gasteiger partial charge on any atom is 0.408 e. The number of alkyl carbamates (subject to hydrolysis) is 1. The van der Waals surface area contributed by atoms with Gasteiger partial charge in [0, 0.05) is 5.56 Å². The minimum absolute atomic E-state index is 0.101. The Kier molecular flexibility index (Phi) is 7.71. The summed E-state index contributed by atoms with van der Waals surface area (Å²) in [5.41, 5.74) is 1.37. The summed E-state index contributed by atoms with van der Waals surface area (Å²) in [4.78, 5) is 12.3. The van der Waals surface area contributed by atoms with Crippen molar-refractivity contribution in [1.29, 1.82) is 0 Å². The SMILES string of the molecule is CC#Cc1ccc([C@H](CO[Si](C)(C)C(C)(C)C)NC(=O)OC(C)(C)C)cc1. The first-order chi connectivity index (χ1) is 12.2. The van der Waals surface area contributed by atoms with Gasteiger partial charge >= 0.3 is 6.09 Å². The standard InChI is InChI=1S/C22H35NO3Si/c1-10-11-17-12-14-18(15-13-17)19(23-20(24)26-21(2,3)4)16-25-27(8,9)22(5,6)7/h12-15,19H,16H2,1-9H3,(H,23,24)/t19-/m0/s1. The summed E-state index contributed by atoms with van der Waals surface area (Å²) in [6.07, 6.45) is -0.441. The van der Waals surface area contributed by atoms with Gasteiger partial charge in [-0.1, -0.05) is 38.8 Å². The van der Waals surface area contributed by atoms with Gasteiger partial charge in [0.15, 0.2) is 8.32 Å². The molecule has 5 heteroatoms. The molecule has 0 spiro atoms. The summed E-state index contributed by atoms with van der Waals surface area (Å²) in [6.45, 7) is 18.8. The lowest BCUT2D eigenvalue weighted by molar-refractivity contribution is 0.0484. The van der Waals surface area contributed by atoms with E-state index in [2.05, 4.69) is 51.0 Å². The number of carbonyl (C=O) groups is 1. The van der Waals surface area contributed by atoms with Gasteiger partial charge in [-0.05, 0) is 63.5 Å². The second kappa shape index (κ2) is 8.94. The molecule has 1 atom stereocenters. The Labute approximate surface area is 166 Å². The molecule has 150 valence electrons. The molecule has 0 aromatic heterocycles. The van der Waals surface area contributed by atoms with E-state index in [-0.39, 0.29) is 11.1 Å². The van der Waals surface area contributed by atoms with Crippen LogP contribution in [0.1, 0.15) is 65.6 Å². The van der Waals surface area contributed by atoms with Crippen molar-refractivity contribution in [3.8, 4) is 11.8 Å². The van der Waals surface area contributed by atoms with Crippen LogP contribution in [0.3, 0.4) is 0 Å². The van der Waals surface area contributed by atoms with Crippen LogP contribution in [0.4, 0.5) is 4.79 Å². The normalized spacial score (nSPS) is 13.4. The monoisotopic (exact) mass is 389 g/mol. The molecule has 0 radical (unpaired) electrons. The zero-order chi connectivity index (χ0) is 20.9. The van der Waals surface area contributed by atoms with Crippen LogP contribution in [-0.2, 0) is 9.16 Å². The van der Waals surface area contributed by atoms with E-state index in [0.717, 1.165) is 11.1 Å². The van der Waals surface area contributed by atoms with Gasteiger partial charge in [0.1, 0.15) is 5.60 Å². The second-order valence-electron chi connectivity index (χ2n) is 9.27. The first kappa shape index (κ1) is 23.3. The Morgan fingerprint density at radius 1 is 1.11 bits per heavy atom. The van der Waals surface area contributed by atoms with Gasteiger partial charge in [0.05, 0.1) is 12.6 Å². The third kappa shape index (κ3) is 7.78. The third-order valence-corrected chi connectivity index (χ3v) is 9.19. The Hall–Kier alpha value is -1.77. The molecule has 0 heterocycles. The van der Waals surface area contributed by atoms with E-state index in [9.17, 15) is 4.79 Å². The summed E-state index contributed by atoms with van der Waals surface area (Å²) >= 11 is 0. The topological polar surface area (TPSA) is 47.6 Å². The molecule has 0 bridgehead atoms. The van der Waals surface area contributed by atoms with Crippen LogP contribution in [0.2, 0.25) is 18.1 Å². The predicted octanol–water partition coefficient (Wildman–Crippen LogP) is 5.65. The summed E-state index contributed by atoms with van der Waals surface area (Å²) < 4.78 is 11.8. The molecular weight excluding hydrogens is 354 g/mol. The average molecular weight is 390 g/mol. The average Bonchev–Trinajstić information content (AvgIpc) is 2.49. The predicted molar refractivity (Wildman–Crippen MR) is 114 cm³/mol. The molecule has 0 aliphatic carbocycles. The first-order valence-electron chi connectivity index (χ1n) is 9.41. The Morgan fingerprint density at radius 3 is 2.11 bits per heavy atom. The van der Waals surface area contributed by atoms with Crippen LogP contribution >= 0.6 is 0 Å². The van der Waals surface area contributed by atoms with Crippen molar-refractivity contribution >= 4 is 14.4 Å². The van der Waals surface area contributed by atoms with Crippen LogP contribution in [0.15, 0.2) is 24.3 Å². The van der Waals surface area contributed by atoms with E-state index in [1.54, 1.807) is 0 Å². The van der Waals surface area contributed by atoms with Gasteiger partial charge in [0.2, 0.25) is 0 Å². The van der Waals surface area contributed by atoms with E-state index in [1.807, 2.05) is 52.0 Å². The van der Waals surface area contributed by atoms with Crippen molar-refractivity contribution in [3.63, 3.8) is 0 Å². The summed E-state index contributed by atoms with van der Waals surface area (Å²) in [7, 11) is -1.94. The number of hydrogen-bond donors (Lipinski definition) is 1. The van der Waals surface area contributed by atoms with Crippen LogP contribution in [0.5, 0.6) is 0 Å². The zero-order valence-corrected chi connectivity index (χ0v) is 19.3. The van der Waals surface area contributed by atoms with Crippen molar-refractivity contribution in [1.82, 2.24) is 5.32 Å². The van der Waals surface area contributed by atoms with Crippen molar-refractivity contribution in [2.75, 3.05) is 6.61 Å². The maximum atomic E-state index is 12.3. The van der Waals surface area contributed by atoms with Crippen molar-refractivity contribution in [2.24, 2.45) is 0 Å². The van der Waals surface area contributed by atoms with Gasteiger partial charge in [-0.3, -0.25) is 0 Å². The quantitative estimate of drug-likeness (QED) is 0.523. The summed E-state index contributed by atoms with van der Waals surface area (Å²) in [5, 5.41) is 3.07. The van der Waals surface area contributed by atoms with Gasteiger partial charge < -0.3 is 14.5 Å². The lowest BCUT2D eigenvalue weighted by Gasteiger charge is -2.37. The molecule has 0 saturated carbocycles. The number of rotatable bonds is 5. The van der Waals surface area contributed by atoms with Crippen molar-refractivity contribution < 1.29 is 14.0 Å². The van der Waals surface area contributed by atoms with Gasteiger partial charge in [-0.25, -0.2) is 4.79 Å². The smallest absolute Gasteiger partial charge is 0.408 e. The van der Waals surface area contributed by atoms with Crippen molar-refractivity contribution in [3.05, 3.63) is 35.4 Å². The lowest BCUT2D eigenvalue weighted by atomic mass is 10.1. The number of benzene rings is 1. The fourth-order valence-corrected chi connectivity index (χ4v) is 3.14. The number of hydrogen-bond acceptors (Lipinski definition) is 3. The minimum atomic E-state index is -1.94. The maximum absolute atomic E-state index is 12.3. The Balaban J connectivity index is 3.01. The fraction of sp³-hybridized carbons (Fsp3) is 0.591. The molecule has 4 nitrogen and oxygen atoms in total. The highest BCUT2D eigenvalue weighted by Gasteiger charge is 2.38. The second-order valence-corrected chi connectivity index (χ2v) is 14.1. The van der Waals surface area contributed by atoms with E-state index >= 15 is 0 Å². The zero-order valence-electron chi connectivity index (χ0n) is 18.3. The van der Waals surface area contributed by atoms with Gasteiger partial charge in [-0.15, -0.1) is 5.92 Å². The van der Waals surface area contributed by atoms with Crippen LogP contribution in [0, 0.1) is 11.8 Å². The molecule has 1 aromatic rings. The highest BCUT2D eigenvalue weighted by molar-refractivity contribution is 6.74. The number of nitrogens with one attached hydrogen (secondary N) is 1. The molecule has 1 aromatic carbocycles. The van der Waals surface area contributed by atoms with Gasteiger partial charge in [0.25, 0.3) is 0 Å². The number of carbonyl (C=O) groups excluding carboxylic acids is 1. The Bertz CT molecular complexity index is 685. The minimum Gasteiger partial charge on any atom is -0.444 e. The molecule has 27 heavy (non-hydrogen) atoms. The Morgan fingerprint density at radius 2 is 1.67 bits per heavy atom. The van der Waals surface area contributed by atoms with E-state index in [1.165, 1.54) is 0 Å². The van der Waals surface area contributed by atoms with E-state index in [0.29, 0.717) is 6.61 Å². The molecular formula is C22H35NO3Si.